The zero-order chi connectivity index (χ0) is 31.8. The van der Waals surface area contributed by atoms with Crippen LogP contribution in [-0.4, -0.2) is 55.1 Å². The molecular weight excluding hydrogens is 588 g/mol. The van der Waals surface area contributed by atoms with Gasteiger partial charge in [-0.25, -0.2) is 13.6 Å². The number of ether oxygens (including phenoxy) is 1. The van der Waals surface area contributed by atoms with Gasteiger partial charge in [-0.2, -0.15) is 0 Å². The quantitative estimate of drug-likeness (QED) is 0.118. The Hall–Kier alpha value is -3.17. The molecule has 234 valence electrons. The number of hydrogen-bond donors (Lipinski definition) is 1. The van der Waals surface area contributed by atoms with Crippen molar-refractivity contribution in [3.05, 3.63) is 83.7 Å². The number of hydrogen-bond acceptors (Lipinski definition) is 3. The average Bonchev–Trinajstić information content (AvgIpc) is 3.32. The van der Waals surface area contributed by atoms with Gasteiger partial charge < -0.3 is 19.5 Å². The summed E-state index contributed by atoms with van der Waals surface area (Å²) in [4.78, 5) is 27.3. The summed E-state index contributed by atoms with van der Waals surface area (Å²) in [5.41, 5.74) is 1.98. The Balaban J connectivity index is 1.93. The number of rotatable bonds is 13. The average molecular weight is 632 g/mol. The van der Waals surface area contributed by atoms with E-state index in [0.29, 0.717) is 38.2 Å². The second-order valence-corrected chi connectivity index (χ2v) is 19.0. The first kappa shape index (κ1) is 34.3. The standard InChI is InChI=1S/C33H44ClF2N3O3Si/c1-33(2,3)31(39(30(40)21-34)16-10-15-37-32(41)42-17-18-43(4,5)6)29-19-25(27-20-26(35)13-14-28(27)36)23-38(29)22-24-11-8-7-9-12-24/h7-9,11-14,19-20,23,31H,10,15-18,21-22H2,1-6H3,(H,37,41). The zero-order valence-corrected chi connectivity index (χ0v) is 27.8. The SMILES string of the molecule is CC(C)(C)C(c1cc(-c2cc(F)ccc2F)cn1Cc1ccccc1)N(CCCNC(=O)OCC[Si](C)(C)C)C(=O)CCl. The third-order valence-electron chi connectivity index (χ3n) is 7.14. The fraction of sp³-hybridized carbons (Fsp3) is 0.455. The van der Waals surface area contributed by atoms with Crippen molar-refractivity contribution < 1.29 is 23.1 Å². The van der Waals surface area contributed by atoms with Gasteiger partial charge in [0.15, 0.2) is 0 Å². The van der Waals surface area contributed by atoms with Crippen LogP contribution >= 0.6 is 11.6 Å². The number of carbonyl (C=O) groups is 2. The number of benzene rings is 2. The molecule has 0 fully saturated rings. The topological polar surface area (TPSA) is 63.6 Å². The van der Waals surface area contributed by atoms with E-state index in [9.17, 15) is 18.4 Å². The van der Waals surface area contributed by atoms with Gasteiger partial charge in [-0.05, 0) is 47.7 Å². The number of alkyl carbamates (subject to hydrolysis) is 1. The first-order valence-electron chi connectivity index (χ1n) is 14.6. The molecule has 0 saturated heterocycles. The lowest BCUT2D eigenvalue weighted by atomic mass is 9.83. The van der Waals surface area contributed by atoms with Gasteiger partial charge in [-0.1, -0.05) is 70.7 Å². The van der Waals surface area contributed by atoms with Crippen LogP contribution in [0.2, 0.25) is 25.7 Å². The lowest BCUT2D eigenvalue weighted by Gasteiger charge is -2.41. The molecule has 10 heteroatoms. The summed E-state index contributed by atoms with van der Waals surface area (Å²) in [7, 11) is -1.32. The monoisotopic (exact) mass is 631 g/mol. The minimum atomic E-state index is -1.32. The molecule has 0 bridgehead atoms. The van der Waals surface area contributed by atoms with Crippen molar-refractivity contribution in [2.24, 2.45) is 5.41 Å². The number of carbonyl (C=O) groups excluding carboxylic acids is 2. The maximum atomic E-state index is 14.9. The van der Waals surface area contributed by atoms with Crippen LogP contribution in [0.3, 0.4) is 0 Å². The van der Waals surface area contributed by atoms with Crippen molar-refractivity contribution in [2.75, 3.05) is 25.6 Å². The summed E-state index contributed by atoms with van der Waals surface area (Å²) in [5, 5.41) is 2.78. The Morgan fingerprint density at radius 3 is 2.40 bits per heavy atom. The maximum Gasteiger partial charge on any atom is 0.407 e. The van der Waals surface area contributed by atoms with Gasteiger partial charge in [-0.15, -0.1) is 11.6 Å². The first-order valence-corrected chi connectivity index (χ1v) is 18.9. The summed E-state index contributed by atoms with van der Waals surface area (Å²) in [6.45, 7) is 14.2. The van der Waals surface area contributed by atoms with Gasteiger partial charge in [0.2, 0.25) is 5.91 Å². The molecule has 0 aliphatic rings. The van der Waals surface area contributed by atoms with Crippen LogP contribution in [-0.2, 0) is 16.1 Å². The van der Waals surface area contributed by atoms with Crippen molar-refractivity contribution >= 4 is 31.7 Å². The number of alkyl halides is 1. The Kier molecular flexibility index (Phi) is 12.0. The van der Waals surface area contributed by atoms with E-state index < -0.39 is 37.3 Å². The summed E-state index contributed by atoms with van der Waals surface area (Å²) < 4.78 is 36.4. The van der Waals surface area contributed by atoms with Gasteiger partial charge >= 0.3 is 6.09 Å². The molecule has 2 amide bonds. The summed E-state index contributed by atoms with van der Waals surface area (Å²) in [6.07, 6.45) is 1.81. The fourth-order valence-corrected chi connectivity index (χ4v) is 5.90. The normalized spacial score (nSPS) is 12.6. The molecule has 43 heavy (non-hydrogen) atoms. The van der Waals surface area contributed by atoms with Gasteiger partial charge in [0, 0.05) is 50.7 Å². The molecule has 0 spiro atoms. The van der Waals surface area contributed by atoms with Crippen molar-refractivity contribution in [2.45, 2.75) is 65.5 Å². The van der Waals surface area contributed by atoms with Crippen LogP contribution < -0.4 is 5.32 Å². The highest BCUT2D eigenvalue weighted by Gasteiger charge is 2.37. The molecule has 0 aliphatic carbocycles. The van der Waals surface area contributed by atoms with Crippen LogP contribution in [0.15, 0.2) is 60.8 Å². The van der Waals surface area contributed by atoms with E-state index in [1.54, 1.807) is 11.1 Å². The minimum Gasteiger partial charge on any atom is -0.450 e. The molecule has 0 aliphatic heterocycles. The van der Waals surface area contributed by atoms with Crippen molar-refractivity contribution in [1.82, 2.24) is 14.8 Å². The summed E-state index contributed by atoms with van der Waals surface area (Å²) >= 11 is 6.12. The predicted octanol–water partition coefficient (Wildman–Crippen LogP) is 8.09. The number of halogens is 3. The Morgan fingerprint density at radius 1 is 1.07 bits per heavy atom. The Labute approximate surface area is 260 Å². The van der Waals surface area contributed by atoms with E-state index in [-0.39, 0.29) is 17.4 Å². The molecule has 1 aromatic heterocycles. The first-order chi connectivity index (χ1) is 20.2. The van der Waals surface area contributed by atoms with Crippen LogP contribution in [0.1, 0.15) is 44.5 Å². The van der Waals surface area contributed by atoms with E-state index in [1.165, 1.54) is 6.07 Å². The molecule has 2 aromatic carbocycles. The molecule has 0 radical (unpaired) electrons. The van der Waals surface area contributed by atoms with E-state index in [1.807, 2.05) is 61.7 Å². The van der Waals surface area contributed by atoms with Crippen LogP contribution in [0.25, 0.3) is 11.1 Å². The highest BCUT2D eigenvalue weighted by atomic mass is 35.5. The maximum absolute atomic E-state index is 14.9. The Bertz CT molecular complexity index is 1370. The molecule has 6 nitrogen and oxygen atoms in total. The molecule has 3 aromatic rings. The molecule has 3 rings (SSSR count). The minimum absolute atomic E-state index is 0.146. The zero-order valence-electron chi connectivity index (χ0n) is 26.1. The largest absolute Gasteiger partial charge is 0.450 e. The smallest absolute Gasteiger partial charge is 0.407 e. The predicted molar refractivity (Wildman–Crippen MR) is 172 cm³/mol. The van der Waals surface area contributed by atoms with Gasteiger partial charge in [0.25, 0.3) is 0 Å². The number of nitrogens with one attached hydrogen (secondary N) is 1. The molecular formula is C33H44ClF2N3O3Si. The highest BCUT2D eigenvalue weighted by Crippen LogP contribution is 2.41. The van der Waals surface area contributed by atoms with Crippen molar-refractivity contribution in [1.29, 1.82) is 0 Å². The van der Waals surface area contributed by atoms with Crippen LogP contribution in [0.5, 0.6) is 0 Å². The van der Waals surface area contributed by atoms with Gasteiger partial charge in [-0.3, -0.25) is 4.79 Å². The van der Waals surface area contributed by atoms with E-state index >= 15 is 0 Å². The second-order valence-electron chi connectivity index (χ2n) is 13.1. The number of aromatic nitrogens is 1. The third-order valence-corrected chi connectivity index (χ3v) is 9.08. The van der Waals surface area contributed by atoms with E-state index in [4.69, 9.17) is 16.3 Å². The van der Waals surface area contributed by atoms with Crippen molar-refractivity contribution in [3.8, 4) is 11.1 Å². The summed E-state index contributed by atoms with van der Waals surface area (Å²) in [5.74, 6) is -1.55. The molecule has 0 saturated carbocycles. The van der Waals surface area contributed by atoms with E-state index in [0.717, 1.165) is 29.4 Å². The van der Waals surface area contributed by atoms with Crippen LogP contribution in [0.4, 0.5) is 13.6 Å². The lowest BCUT2D eigenvalue weighted by Crippen LogP contribution is -2.44. The lowest BCUT2D eigenvalue weighted by molar-refractivity contribution is -0.133. The molecule has 1 N–H and O–H groups in total. The molecule has 1 heterocycles. The summed E-state index contributed by atoms with van der Waals surface area (Å²) in [6, 6.07) is 15.5. The number of amides is 2. The highest BCUT2D eigenvalue weighted by molar-refractivity contribution is 6.76. The van der Waals surface area contributed by atoms with Crippen LogP contribution in [0, 0.1) is 17.0 Å². The van der Waals surface area contributed by atoms with Crippen molar-refractivity contribution in [3.63, 3.8) is 0 Å². The molecule has 1 atom stereocenters. The number of nitrogens with zero attached hydrogens (tertiary/aromatic N) is 2. The Morgan fingerprint density at radius 2 is 1.77 bits per heavy atom. The molecule has 1 unspecified atom stereocenters. The van der Waals surface area contributed by atoms with Gasteiger partial charge in [0.05, 0.1) is 12.6 Å². The fourth-order valence-electron chi connectivity index (χ4n) is 5.03. The van der Waals surface area contributed by atoms with Gasteiger partial charge in [0.1, 0.15) is 17.5 Å². The van der Waals surface area contributed by atoms with E-state index in [2.05, 4.69) is 25.0 Å². The second kappa shape index (κ2) is 15.0. The third kappa shape index (κ3) is 10.2.